The predicted octanol–water partition coefficient (Wildman–Crippen LogP) is 2.51. The fourth-order valence-corrected chi connectivity index (χ4v) is 3.27. The molecule has 94 valence electrons. The van der Waals surface area contributed by atoms with E-state index in [0.29, 0.717) is 21.2 Å². The van der Waals surface area contributed by atoms with E-state index >= 15 is 0 Å². The Kier molecular flexibility index (Phi) is 4.03. The zero-order valence-electron chi connectivity index (χ0n) is 9.72. The van der Waals surface area contributed by atoms with Crippen molar-refractivity contribution in [1.82, 2.24) is 0 Å². The number of hydrogen-bond acceptors (Lipinski definition) is 5. The number of hydrogen-bond donors (Lipinski definition) is 2. The first kappa shape index (κ1) is 13.8. The van der Waals surface area contributed by atoms with Gasteiger partial charge in [-0.05, 0) is 40.3 Å². The molecule has 1 aliphatic heterocycles. The molecule has 4 nitrogen and oxygen atoms in total. The zero-order chi connectivity index (χ0) is 14.0. The molecule has 0 unspecified atom stereocenters. The monoisotopic (exact) mass is 380 g/mol. The lowest BCUT2D eigenvalue weighted by Gasteiger charge is -2.23. The van der Waals surface area contributed by atoms with Gasteiger partial charge in [-0.1, -0.05) is 23.9 Å². The number of benzene rings is 1. The minimum absolute atomic E-state index is 0.364. The van der Waals surface area contributed by atoms with Crippen LogP contribution in [0, 0.1) is 26.2 Å². The Morgan fingerprint density at radius 1 is 1.11 bits per heavy atom. The van der Waals surface area contributed by atoms with Crippen molar-refractivity contribution in [3.8, 4) is 12.1 Å². The first-order valence-corrected chi connectivity index (χ1v) is 7.20. The third kappa shape index (κ3) is 2.55. The third-order valence-electron chi connectivity index (χ3n) is 2.75. The molecule has 0 aromatic heterocycles. The van der Waals surface area contributed by atoms with Gasteiger partial charge in [0.05, 0.1) is 39.3 Å². The molecule has 1 aromatic rings. The molecule has 0 fully saturated rings. The Labute approximate surface area is 128 Å². The molecule has 2 rings (SSSR count). The summed E-state index contributed by atoms with van der Waals surface area (Å²) < 4.78 is 1.03. The van der Waals surface area contributed by atoms with E-state index in [9.17, 15) is 10.5 Å². The quantitative estimate of drug-likeness (QED) is 0.730. The summed E-state index contributed by atoms with van der Waals surface area (Å²) in [5.41, 5.74) is 13.3. The summed E-state index contributed by atoms with van der Waals surface area (Å²) in [7, 11) is 0. The highest BCUT2D eigenvalue weighted by Crippen LogP contribution is 2.42. The van der Waals surface area contributed by atoms with Gasteiger partial charge in [0.25, 0.3) is 0 Å². The summed E-state index contributed by atoms with van der Waals surface area (Å²) in [6.45, 7) is 0. The van der Waals surface area contributed by atoms with Gasteiger partial charge in [-0.25, -0.2) is 0 Å². The van der Waals surface area contributed by atoms with Crippen molar-refractivity contribution in [3.63, 3.8) is 0 Å². The molecule has 6 heteroatoms. The molecular formula is C13H9IN4S. The molecule has 0 saturated heterocycles. The second kappa shape index (κ2) is 5.55. The maximum atomic E-state index is 9.29. The molecule has 0 atom stereocenters. The van der Waals surface area contributed by atoms with Crippen LogP contribution >= 0.6 is 34.4 Å². The van der Waals surface area contributed by atoms with Crippen molar-refractivity contribution in [2.75, 3.05) is 0 Å². The second-order valence-corrected chi connectivity index (χ2v) is 6.20. The molecular weight excluding hydrogens is 371 g/mol. The number of allylic oxidation sites excluding steroid dienone is 2. The highest BCUT2D eigenvalue weighted by molar-refractivity contribution is 14.1. The van der Waals surface area contributed by atoms with Crippen LogP contribution in [0.3, 0.4) is 0 Å². The number of nitrogens with two attached hydrogens (primary N) is 2. The van der Waals surface area contributed by atoms with Crippen LogP contribution in [0.4, 0.5) is 0 Å². The van der Waals surface area contributed by atoms with Crippen LogP contribution in [-0.4, -0.2) is 0 Å². The Hall–Kier alpha value is -1.64. The lowest BCUT2D eigenvalue weighted by molar-refractivity contribution is 0.956. The first-order valence-electron chi connectivity index (χ1n) is 5.31. The van der Waals surface area contributed by atoms with Gasteiger partial charge in [0.15, 0.2) is 0 Å². The van der Waals surface area contributed by atoms with Gasteiger partial charge in [0.1, 0.15) is 0 Å². The minimum atomic E-state index is -0.467. The number of rotatable bonds is 1. The number of nitriles is 2. The van der Waals surface area contributed by atoms with E-state index < -0.39 is 5.92 Å². The fourth-order valence-electron chi connectivity index (χ4n) is 1.92. The smallest absolute Gasteiger partial charge is 0.0985 e. The number of halogens is 1. The predicted molar refractivity (Wildman–Crippen MR) is 83.1 cm³/mol. The summed E-state index contributed by atoms with van der Waals surface area (Å²) in [6.07, 6.45) is 0. The maximum Gasteiger partial charge on any atom is 0.0985 e. The van der Waals surface area contributed by atoms with E-state index in [2.05, 4.69) is 34.7 Å². The molecule has 1 aromatic carbocycles. The lowest BCUT2D eigenvalue weighted by Crippen LogP contribution is -2.18. The van der Waals surface area contributed by atoms with Gasteiger partial charge in [0.2, 0.25) is 0 Å². The molecule has 4 N–H and O–H groups in total. The highest BCUT2D eigenvalue weighted by atomic mass is 127. The van der Waals surface area contributed by atoms with Gasteiger partial charge in [-0.15, -0.1) is 0 Å². The molecule has 0 amide bonds. The van der Waals surface area contributed by atoms with Crippen LogP contribution in [0.1, 0.15) is 11.5 Å². The van der Waals surface area contributed by atoms with E-state index in [0.717, 1.165) is 20.9 Å². The zero-order valence-corrected chi connectivity index (χ0v) is 12.7. The van der Waals surface area contributed by atoms with E-state index in [1.807, 2.05) is 24.3 Å². The van der Waals surface area contributed by atoms with Gasteiger partial charge in [-0.3, -0.25) is 0 Å². The Morgan fingerprint density at radius 3 is 2.16 bits per heavy atom. The maximum absolute atomic E-state index is 9.29. The molecule has 1 heterocycles. The lowest BCUT2D eigenvalue weighted by atomic mass is 9.86. The Morgan fingerprint density at radius 2 is 1.68 bits per heavy atom. The first-order chi connectivity index (χ1) is 9.08. The van der Waals surface area contributed by atoms with Crippen LogP contribution in [0.15, 0.2) is 45.5 Å². The highest BCUT2D eigenvalue weighted by Gasteiger charge is 2.31. The topological polar surface area (TPSA) is 99.6 Å². The Bertz CT molecular complexity index is 643. The van der Waals surface area contributed by atoms with Crippen molar-refractivity contribution < 1.29 is 0 Å². The van der Waals surface area contributed by atoms with Crippen LogP contribution in [0.5, 0.6) is 0 Å². The SMILES string of the molecule is N#CC1=C(N)SC(N)=C(C#N)C1c1cccc(I)c1. The van der Waals surface area contributed by atoms with E-state index in [1.165, 1.54) is 0 Å². The van der Waals surface area contributed by atoms with Crippen molar-refractivity contribution >= 4 is 34.4 Å². The van der Waals surface area contributed by atoms with Crippen LogP contribution in [-0.2, 0) is 0 Å². The summed E-state index contributed by atoms with van der Waals surface area (Å²) in [5, 5.41) is 19.3. The minimum Gasteiger partial charge on any atom is -0.392 e. The van der Waals surface area contributed by atoms with Crippen molar-refractivity contribution in [2.24, 2.45) is 11.5 Å². The van der Waals surface area contributed by atoms with Crippen LogP contribution in [0.25, 0.3) is 0 Å². The van der Waals surface area contributed by atoms with Crippen molar-refractivity contribution in [3.05, 3.63) is 54.6 Å². The third-order valence-corrected chi connectivity index (χ3v) is 4.30. The number of thioether (sulfide) groups is 1. The molecule has 0 saturated carbocycles. The van der Waals surface area contributed by atoms with E-state index in [1.54, 1.807) is 0 Å². The van der Waals surface area contributed by atoms with Gasteiger partial charge >= 0.3 is 0 Å². The van der Waals surface area contributed by atoms with Gasteiger partial charge in [0, 0.05) is 3.57 Å². The molecule has 0 spiro atoms. The summed E-state index contributed by atoms with van der Waals surface area (Å²) in [6, 6.07) is 11.8. The number of nitrogens with zero attached hydrogens (tertiary/aromatic N) is 2. The van der Waals surface area contributed by atoms with E-state index in [4.69, 9.17) is 11.5 Å². The van der Waals surface area contributed by atoms with Crippen molar-refractivity contribution in [1.29, 1.82) is 10.5 Å². The van der Waals surface area contributed by atoms with Gasteiger partial charge in [-0.2, -0.15) is 10.5 Å². The fraction of sp³-hybridized carbons (Fsp3) is 0.0769. The standard InChI is InChI=1S/C13H9IN4S/c14-8-3-1-2-7(4-8)11-9(5-15)12(17)19-13(18)10(11)6-16/h1-4,11H,17-18H2. The molecule has 0 bridgehead atoms. The average Bonchev–Trinajstić information content (AvgIpc) is 2.38. The van der Waals surface area contributed by atoms with Gasteiger partial charge < -0.3 is 11.5 Å². The molecule has 0 radical (unpaired) electrons. The summed E-state index contributed by atoms with van der Waals surface area (Å²) in [4.78, 5) is 0. The molecule has 0 aliphatic carbocycles. The van der Waals surface area contributed by atoms with Crippen LogP contribution in [0.2, 0.25) is 0 Å². The average molecular weight is 380 g/mol. The second-order valence-electron chi connectivity index (χ2n) is 3.87. The summed E-state index contributed by atoms with van der Waals surface area (Å²) in [5.74, 6) is -0.467. The largest absolute Gasteiger partial charge is 0.392 e. The van der Waals surface area contributed by atoms with Crippen molar-refractivity contribution in [2.45, 2.75) is 5.92 Å². The van der Waals surface area contributed by atoms with E-state index in [-0.39, 0.29) is 0 Å². The summed E-state index contributed by atoms with van der Waals surface area (Å²) >= 11 is 3.26. The van der Waals surface area contributed by atoms with Crippen LogP contribution < -0.4 is 11.5 Å². The normalized spacial score (nSPS) is 16.2. The molecule has 19 heavy (non-hydrogen) atoms. The molecule has 1 aliphatic rings. The Balaban J connectivity index is 2.65.